The predicted molar refractivity (Wildman–Crippen MR) is 123 cm³/mol. The highest BCUT2D eigenvalue weighted by molar-refractivity contribution is 7.91. The maximum Gasteiger partial charge on any atom is 0.244 e. The lowest BCUT2D eigenvalue weighted by Gasteiger charge is -2.29. The summed E-state index contributed by atoms with van der Waals surface area (Å²) in [5, 5.41) is 4.55. The van der Waals surface area contributed by atoms with Crippen LogP contribution in [-0.2, 0) is 26.5 Å². The van der Waals surface area contributed by atoms with E-state index in [1.54, 1.807) is 35.1 Å². The lowest BCUT2D eigenvalue weighted by molar-refractivity contribution is 0.137. The van der Waals surface area contributed by atoms with Crippen molar-refractivity contribution in [3.63, 3.8) is 0 Å². The molecule has 174 valence electrons. The first kappa shape index (κ1) is 24.3. The fraction of sp³-hybridized carbons (Fsp3) is 0.684. The molecule has 1 aliphatic heterocycles. The molecule has 0 bridgehead atoms. The van der Waals surface area contributed by atoms with Crippen molar-refractivity contribution < 1.29 is 16.8 Å². The van der Waals surface area contributed by atoms with E-state index < -0.39 is 19.9 Å². The van der Waals surface area contributed by atoms with E-state index in [2.05, 4.69) is 23.8 Å². The van der Waals surface area contributed by atoms with Gasteiger partial charge in [-0.2, -0.15) is 9.40 Å². The smallest absolute Gasteiger partial charge is 0.244 e. The second-order valence-electron chi connectivity index (χ2n) is 8.33. The van der Waals surface area contributed by atoms with Crippen LogP contribution in [0.4, 0.5) is 0 Å². The molecule has 9 nitrogen and oxygen atoms in total. The topological polar surface area (TPSA) is 97.0 Å². The molecule has 31 heavy (non-hydrogen) atoms. The molecule has 0 unspecified atom stereocenters. The number of sulfonamides is 1. The van der Waals surface area contributed by atoms with Gasteiger partial charge >= 0.3 is 0 Å². The predicted octanol–water partition coefficient (Wildman–Crippen LogP) is 2.00. The highest BCUT2D eigenvalue weighted by atomic mass is 32.2. The lowest BCUT2D eigenvalue weighted by Crippen LogP contribution is -2.40. The maximum absolute atomic E-state index is 12.9. The Morgan fingerprint density at radius 1 is 1.26 bits per heavy atom. The van der Waals surface area contributed by atoms with E-state index in [-0.39, 0.29) is 22.4 Å². The summed E-state index contributed by atoms with van der Waals surface area (Å²) in [7, 11) is -6.63. The largest absolute Gasteiger partial charge is 0.280 e. The van der Waals surface area contributed by atoms with Gasteiger partial charge in [0.25, 0.3) is 0 Å². The summed E-state index contributed by atoms with van der Waals surface area (Å²) in [6.07, 6.45) is 2.11. The van der Waals surface area contributed by atoms with Gasteiger partial charge in [-0.3, -0.25) is 9.30 Å². The molecule has 0 saturated carbocycles. The molecular formula is C19H31N5O4S3. The third kappa shape index (κ3) is 5.19. The van der Waals surface area contributed by atoms with Crippen LogP contribution in [0.3, 0.4) is 0 Å². The summed E-state index contributed by atoms with van der Waals surface area (Å²) in [5.74, 6) is 0.697. The summed E-state index contributed by atoms with van der Waals surface area (Å²) in [6, 6.07) is 3.12. The third-order valence-corrected chi connectivity index (χ3v) is 9.72. The van der Waals surface area contributed by atoms with Crippen LogP contribution in [0.15, 0.2) is 23.2 Å². The molecule has 1 atom stereocenters. The van der Waals surface area contributed by atoms with Crippen LogP contribution < -0.4 is 0 Å². The molecule has 1 fully saturated rings. The number of sulfone groups is 1. The fourth-order valence-electron chi connectivity index (χ4n) is 3.98. The number of aromatic nitrogens is 3. The molecule has 3 heterocycles. The van der Waals surface area contributed by atoms with Gasteiger partial charge < -0.3 is 0 Å². The van der Waals surface area contributed by atoms with Crippen molar-refractivity contribution >= 4 is 37.7 Å². The number of hydrogen-bond acceptors (Lipinski definition) is 7. The number of nitrogens with zero attached hydrogens (tertiary/aromatic N) is 5. The monoisotopic (exact) mass is 489 g/mol. The molecule has 2 aromatic rings. The highest BCUT2D eigenvalue weighted by Crippen LogP contribution is 2.21. The second kappa shape index (κ2) is 9.26. The molecule has 0 aliphatic carbocycles. The van der Waals surface area contributed by atoms with Gasteiger partial charge in [-0.15, -0.1) is 0 Å². The van der Waals surface area contributed by atoms with E-state index in [1.807, 2.05) is 0 Å². The van der Waals surface area contributed by atoms with Crippen LogP contribution >= 0.6 is 12.2 Å². The molecule has 3 rings (SSSR count). The Balaban J connectivity index is 1.95. The van der Waals surface area contributed by atoms with Crippen LogP contribution in [0.25, 0.3) is 5.65 Å². The van der Waals surface area contributed by atoms with E-state index in [1.165, 1.54) is 10.5 Å². The van der Waals surface area contributed by atoms with Crippen LogP contribution in [-0.4, -0.2) is 77.4 Å². The van der Waals surface area contributed by atoms with Crippen LogP contribution in [0.2, 0.25) is 0 Å². The van der Waals surface area contributed by atoms with Gasteiger partial charge in [0.15, 0.2) is 15.5 Å². The maximum atomic E-state index is 12.9. The summed E-state index contributed by atoms with van der Waals surface area (Å²) in [4.78, 5) is 2.28. The lowest BCUT2D eigenvalue weighted by atomic mass is 10.1. The van der Waals surface area contributed by atoms with Gasteiger partial charge in [0.2, 0.25) is 14.8 Å². The Bertz CT molecular complexity index is 1200. The molecule has 1 saturated heterocycles. The minimum absolute atomic E-state index is 0.0716. The summed E-state index contributed by atoms with van der Waals surface area (Å²) >= 11 is 5.59. The number of pyridine rings is 1. The zero-order valence-corrected chi connectivity index (χ0v) is 20.9. The van der Waals surface area contributed by atoms with Crippen LogP contribution in [0, 0.1) is 10.7 Å². The molecule has 1 aliphatic rings. The Hall–Kier alpha value is -1.34. The SMILES string of the molecule is CCN(CC)S(=O)(=O)c1ccc2nn(CN(CC(C)C)[C@@H]3CCS(=O)(=O)C3)c(=S)n2c1. The third-order valence-electron chi connectivity index (χ3n) is 5.53. The van der Waals surface area contributed by atoms with Gasteiger partial charge in [-0.25, -0.2) is 21.5 Å². The standard InChI is InChI=1S/C19H31N5O4S3/c1-5-22(6-2)31(27,28)17-7-8-18-20-24(19(29)23(18)12-17)14-21(11-15(3)4)16-9-10-30(25,26)13-16/h7-8,12,15-16H,5-6,9-11,13-14H2,1-4H3/t16-/m1/s1. The van der Waals surface area contributed by atoms with E-state index in [4.69, 9.17) is 12.2 Å². The molecule has 0 spiro atoms. The van der Waals surface area contributed by atoms with Gasteiger partial charge in [0, 0.05) is 31.9 Å². The zero-order chi connectivity index (χ0) is 23.0. The first-order valence-electron chi connectivity index (χ1n) is 10.5. The van der Waals surface area contributed by atoms with Crippen LogP contribution in [0.5, 0.6) is 0 Å². The van der Waals surface area contributed by atoms with Crippen molar-refractivity contribution in [3.05, 3.63) is 23.1 Å². The Morgan fingerprint density at radius 2 is 1.94 bits per heavy atom. The highest BCUT2D eigenvalue weighted by Gasteiger charge is 2.33. The number of fused-ring (bicyclic) bond motifs is 1. The van der Waals surface area contributed by atoms with Gasteiger partial charge in [0.05, 0.1) is 23.1 Å². The summed E-state index contributed by atoms with van der Waals surface area (Å²) < 4.78 is 54.8. The fourth-order valence-corrected chi connectivity index (χ4v) is 7.45. The molecule has 0 amide bonds. The Labute approximate surface area is 189 Å². The second-order valence-corrected chi connectivity index (χ2v) is 12.9. The molecule has 0 N–H and O–H groups in total. The van der Waals surface area contributed by atoms with Gasteiger partial charge in [-0.05, 0) is 36.7 Å². The number of rotatable bonds is 9. The van der Waals surface area contributed by atoms with Crippen molar-refractivity contribution in [2.75, 3.05) is 31.1 Å². The number of hydrogen-bond donors (Lipinski definition) is 0. The van der Waals surface area contributed by atoms with Gasteiger partial charge in [-0.1, -0.05) is 27.7 Å². The molecule has 2 aromatic heterocycles. The van der Waals surface area contributed by atoms with Crippen molar-refractivity contribution in [3.8, 4) is 0 Å². The van der Waals surface area contributed by atoms with Crippen molar-refractivity contribution in [1.82, 2.24) is 23.4 Å². The van der Waals surface area contributed by atoms with E-state index in [0.717, 1.165) is 6.54 Å². The Kier molecular flexibility index (Phi) is 7.26. The average Bonchev–Trinajstić information content (AvgIpc) is 3.20. The quantitative estimate of drug-likeness (QED) is 0.497. The van der Waals surface area contributed by atoms with E-state index in [0.29, 0.717) is 42.5 Å². The van der Waals surface area contributed by atoms with E-state index >= 15 is 0 Å². The summed E-state index contributed by atoms with van der Waals surface area (Å²) in [5.41, 5.74) is 0.548. The van der Waals surface area contributed by atoms with Crippen molar-refractivity contribution in [1.29, 1.82) is 0 Å². The van der Waals surface area contributed by atoms with Crippen molar-refractivity contribution in [2.24, 2.45) is 5.92 Å². The van der Waals surface area contributed by atoms with Gasteiger partial charge in [0.1, 0.15) is 0 Å². The minimum atomic E-state index is -3.61. The zero-order valence-electron chi connectivity index (χ0n) is 18.4. The Morgan fingerprint density at radius 3 is 2.48 bits per heavy atom. The molecule has 12 heteroatoms. The van der Waals surface area contributed by atoms with E-state index in [9.17, 15) is 16.8 Å². The first-order valence-corrected chi connectivity index (χ1v) is 14.2. The normalized spacial score (nSPS) is 19.3. The molecule has 0 radical (unpaired) electrons. The molecule has 0 aromatic carbocycles. The van der Waals surface area contributed by atoms with Crippen LogP contribution in [0.1, 0.15) is 34.1 Å². The minimum Gasteiger partial charge on any atom is -0.280 e. The average molecular weight is 490 g/mol. The molecular weight excluding hydrogens is 458 g/mol. The summed E-state index contributed by atoms with van der Waals surface area (Å²) in [6.45, 7) is 9.62. The van der Waals surface area contributed by atoms with Crippen molar-refractivity contribution in [2.45, 2.75) is 51.7 Å². The first-order chi connectivity index (χ1) is 14.5.